The number of nitrogens with one attached hydrogen (secondary N) is 1. The van der Waals surface area contributed by atoms with Crippen LogP contribution in [-0.2, 0) is 33.1 Å². The molecular formula is C30H37F4N3O3S. The van der Waals surface area contributed by atoms with E-state index in [0.717, 1.165) is 6.42 Å². The van der Waals surface area contributed by atoms with Gasteiger partial charge in [-0.3, -0.25) is 4.79 Å². The van der Waals surface area contributed by atoms with Gasteiger partial charge in [0.25, 0.3) is 0 Å². The van der Waals surface area contributed by atoms with Gasteiger partial charge in [0, 0.05) is 49.9 Å². The average molecular weight is 596 g/mol. The number of Topliss-reactive ketones (excluding diaryl/α,β-unsaturated/α-hetero) is 1. The van der Waals surface area contributed by atoms with Gasteiger partial charge in [-0.1, -0.05) is 24.3 Å². The molecule has 2 saturated heterocycles. The van der Waals surface area contributed by atoms with Gasteiger partial charge in [-0.05, 0) is 73.4 Å². The minimum Gasteiger partial charge on any atom is -0.321 e. The molecule has 224 valence electrons. The number of nitrogens with two attached hydrogens (primary N) is 1. The second kappa shape index (κ2) is 11.7. The van der Waals surface area contributed by atoms with Crippen LogP contribution in [-0.4, -0.2) is 61.4 Å². The Morgan fingerprint density at radius 2 is 1.78 bits per heavy atom. The van der Waals surface area contributed by atoms with Crippen LogP contribution in [0.4, 0.5) is 17.6 Å². The number of benzene rings is 2. The number of nitrogens with zero attached hydrogens (tertiary/aromatic N) is 1. The zero-order chi connectivity index (χ0) is 29.4. The van der Waals surface area contributed by atoms with Crippen LogP contribution in [0.5, 0.6) is 0 Å². The molecule has 2 aliphatic heterocycles. The van der Waals surface area contributed by atoms with Crippen molar-refractivity contribution < 1.29 is 30.8 Å². The van der Waals surface area contributed by atoms with Crippen molar-refractivity contribution in [1.82, 2.24) is 9.62 Å². The van der Waals surface area contributed by atoms with E-state index in [9.17, 15) is 26.4 Å². The molecule has 3 fully saturated rings. The lowest BCUT2D eigenvalue weighted by Gasteiger charge is -2.44. The summed E-state index contributed by atoms with van der Waals surface area (Å²) >= 11 is 0. The third-order valence-corrected chi connectivity index (χ3v) is 11.3. The average Bonchev–Trinajstić information content (AvgIpc) is 3.05. The van der Waals surface area contributed by atoms with E-state index in [1.165, 1.54) is 36.4 Å². The van der Waals surface area contributed by atoms with E-state index in [-0.39, 0.29) is 43.5 Å². The van der Waals surface area contributed by atoms with E-state index in [0.29, 0.717) is 42.6 Å². The summed E-state index contributed by atoms with van der Waals surface area (Å²) < 4.78 is 84.3. The van der Waals surface area contributed by atoms with Crippen LogP contribution < -0.4 is 11.1 Å². The van der Waals surface area contributed by atoms with Gasteiger partial charge in [-0.15, -0.1) is 0 Å². The van der Waals surface area contributed by atoms with E-state index in [1.54, 1.807) is 10.4 Å². The minimum absolute atomic E-state index is 0.0332. The maximum atomic E-state index is 15.1. The Morgan fingerprint density at radius 3 is 2.49 bits per heavy atom. The van der Waals surface area contributed by atoms with Crippen molar-refractivity contribution in [3.05, 3.63) is 70.8 Å². The number of hydrogen-bond donors (Lipinski definition) is 2. The smallest absolute Gasteiger partial charge is 0.248 e. The first kappa shape index (κ1) is 30.1. The molecule has 2 bridgehead atoms. The molecule has 3 N–H and O–H groups in total. The monoisotopic (exact) mass is 595 g/mol. The zero-order valence-corrected chi connectivity index (χ0v) is 23.7. The van der Waals surface area contributed by atoms with E-state index in [4.69, 9.17) is 5.73 Å². The normalized spacial score (nSPS) is 27.5. The SMILES string of the molecule is N[C@H](C(=O)Cc1cccc(F)c1CC[C@H]1CNC2CCCS(=O)(=O)N1C2)C1(c2ccc(F)cc2)CCC(F)(F)CC1. The number of carbonyl (C=O) groups excluding carboxylic acids is 1. The molecule has 3 aliphatic rings. The van der Waals surface area contributed by atoms with Gasteiger partial charge in [0.15, 0.2) is 5.78 Å². The first-order valence-corrected chi connectivity index (χ1v) is 15.9. The Balaban J connectivity index is 1.35. The van der Waals surface area contributed by atoms with Crippen molar-refractivity contribution in [3.63, 3.8) is 0 Å². The number of piperazine rings is 1. The fourth-order valence-electron chi connectivity index (χ4n) is 6.83. The summed E-state index contributed by atoms with van der Waals surface area (Å²) in [7, 11) is -3.40. The highest BCUT2D eigenvalue weighted by Gasteiger charge is 2.49. The molecule has 6 nitrogen and oxygen atoms in total. The van der Waals surface area contributed by atoms with E-state index >= 15 is 4.39 Å². The summed E-state index contributed by atoms with van der Waals surface area (Å²) in [5.41, 5.74) is 6.77. The van der Waals surface area contributed by atoms with Gasteiger partial charge >= 0.3 is 0 Å². The predicted octanol–water partition coefficient (Wildman–Crippen LogP) is 4.25. The molecule has 41 heavy (non-hydrogen) atoms. The molecule has 2 aromatic rings. The van der Waals surface area contributed by atoms with E-state index < -0.39 is 57.7 Å². The summed E-state index contributed by atoms with van der Waals surface area (Å²) in [5, 5.41) is 3.41. The summed E-state index contributed by atoms with van der Waals surface area (Å²) in [5.74, 6) is -4.15. The van der Waals surface area contributed by atoms with Crippen LogP contribution in [0, 0.1) is 11.6 Å². The predicted molar refractivity (Wildman–Crippen MR) is 148 cm³/mol. The molecular weight excluding hydrogens is 558 g/mol. The molecule has 5 rings (SSSR count). The third-order valence-electron chi connectivity index (χ3n) is 9.31. The number of alkyl halides is 2. The molecule has 0 aromatic heterocycles. The van der Waals surface area contributed by atoms with Gasteiger partial charge in [0.2, 0.25) is 15.9 Å². The van der Waals surface area contributed by atoms with Crippen molar-refractivity contribution in [2.75, 3.05) is 18.8 Å². The van der Waals surface area contributed by atoms with Crippen LogP contribution in [0.1, 0.15) is 61.6 Å². The number of hydrogen-bond acceptors (Lipinski definition) is 5. The van der Waals surface area contributed by atoms with Crippen LogP contribution >= 0.6 is 0 Å². The Labute approximate surface area is 238 Å². The van der Waals surface area contributed by atoms with Crippen LogP contribution in [0.15, 0.2) is 42.5 Å². The van der Waals surface area contributed by atoms with Crippen LogP contribution in [0.25, 0.3) is 0 Å². The van der Waals surface area contributed by atoms with Crippen molar-refractivity contribution in [2.24, 2.45) is 5.73 Å². The zero-order valence-electron chi connectivity index (χ0n) is 22.9. The van der Waals surface area contributed by atoms with Gasteiger partial charge < -0.3 is 11.1 Å². The molecule has 0 amide bonds. The molecule has 4 atom stereocenters. The Hall–Kier alpha value is -2.34. The third kappa shape index (κ3) is 6.38. The lowest BCUT2D eigenvalue weighted by molar-refractivity contribution is -0.123. The maximum absolute atomic E-state index is 15.1. The molecule has 0 spiro atoms. The van der Waals surface area contributed by atoms with E-state index in [1.807, 2.05) is 0 Å². The van der Waals surface area contributed by atoms with Crippen molar-refractivity contribution in [1.29, 1.82) is 0 Å². The Bertz CT molecular complexity index is 1360. The number of halogens is 4. The highest BCUT2D eigenvalue weighted by atomic mass is 32.2. The molecule has 2 unspecified atom stereocenters. The lowest BCUT2D eigenvalue weighted by atomic mass is 9.63. The fourth-order valence-corrected chi connectivity index (χ4v) is 8.64. The van der Waals surface area contributed by atoms with Gasteiger partial charge in [0.1, 0.15) is 11.6 Å². The summed E-state index contributed by atoms with van der Waals surface area (Å²) in [6.45, 7) is 0.872. The fraction of sp³-hybridized carbons (Fsp3) is 0.567. The number of rotatable bonds is 8. The standard InChI is InChI=1S/C30H37F4N3O3S/c31-22-8-6-21(7-9-22)29(12-14-30(33,34)15-13-29)28(35)27(38)17-20-3-1-5-26(32)25(20)11-10-24-18-36-23-4-2-16-41(39,40)37(24)19-23/h1,3,5-9,23-24,28,36H,2,4,10-19,35H2/t23?,24-,28+/m0/s1. The largest absolute Gasteiger partial charge is 0.321 e. The van der Waals surface area contributed by atoms with Gasteiger partial charge in [0.05, 0.1) is 11.8 Å². The highest BCUT2D eigenvalue weighted by Crippen LogP contribution is 2.47. The van der Waals surface area contributed by atoms with Crippen LogP contribution in [0.3, 0.4) is 0 Å². The number of ketones is 1. The first-order chi connectivity index (χ1) is 19.4. The first-order valence-electron chi connectivity index (χ1n) is 14.3. The Kier molecular flexibility index (Phi) is 8.63. The van der Waals surface area contributed by atoms with Crippen LogP contribution in [0.2, 0.25) is 0 Å². The lowest BCUT2D eigenvalue weighted by Crippen LogP contribution is -2.57. The van der Waals surface area contributed by atoms with Gasteiger partial charge in [-0.25, -0.2) is 26.0 Å². The molecule has 2 heterocycles. The van der Waals surface area contributed by atoms with Crippen molar-refractivity contribution in [3.8, 4) is 0 Å². The maximum Gasteiger partial charge on any atom is 0.248 e. The highest BCUT2D eigenvalue weighted by molar-refractivity contribution is 7.89. The topological polar surface area (TPSA) is 92.5 Å². The minimum atomic E-state index is -3.40. The summed E-state index contributed by atoms with van der Waals surface area (Å²) in [4.78, 5) is 13.6. The summed E-state index contributed by atoms with van der Waals surface area (Å²) in [6.07, 6.45) is 0.853. The van der Waals surface area contributed by atoms with Crippen molar-refractivity contribution >= 4 is 15.8 Å². The quantitative estimate of drug-likeness (QED) is 0.446. The molecule has 1 saturated carbocycles. The molecule has 11 heteroatoms. The second-order valence-electron chi connectivity index (χ2n) is 11.8. The second-order valence-corrected chi connectivity index (χ2v) is 13.9. The van der Waals surface area contributed by atoms with Crippen molar-refractivity contribution in [2.45, 2.75) is 87.3 Å². The molecule has 0 radical (unpaired) electrons. The molecule has 1 aliphatic carbocycles. The molecule has 2 aromatic carbocycles. The number of fused-ring (bicyclic) bond motifs is 2. The Morgan fingerprint density at radius 1 is 1.07 bits per heavy atom. The van der Waals surface area contributed by atoms with Gasteiger partial charge in [-0.2, -0.15) is 4.31 Å². The number of sulfonamides is 1. The van der Waals surface area contributed by atoms with E-state index in [2.05, 4.69) is 5.32 Å². The number of carbonyl (C=O) groups is 1. The summed E-state index contributed by atoms with van der Waals surface area (Å²) in [6, 6.07) is 8.57.